The summed E-state index contributed by atoms with van der Waals surface area (Å²) in [5, 5.41) is 3.62. The Morgan fingerprint density at radius 1 is 1.33 bits per heavy atom. The van der Waals surface area contributed by atoms with Crippen LogP contribution in [-0.4, -0.2) is 35.6 Å². The molecule has 0 spiro atoms. The normalized spacial score (nSPS) is 14.7. The van der Waals surface area contributed by atoms with E-state index < -0.39 is 0 Å². The quantitative estimate of drug-likeness (QED) is 0.768. The van der Waals surface area contributed by atoms with Gasteiger partial charge in [-0.15, -0.1) is 0 Å². The number of hydrogen-bond donors (Lipinski definition) is 1. The highest BCUT2D eigenvalue weighted by atomic mass is 15.2. The number of likely N-dealkylation sites (N-methyl/N-ethyl adjacent to an activating group) is 1. The van der Waals surface area contributed by atoms with E-state index in [1.165, 1.54) is 6.42 Å². The summed E-state index contributed by atoms with van der Waals surface area (Å²) in [6.07, 6.45) is 4.21. The second-order valence-electron chi connectivity index (χ2n) is 4.95. The molecular weight excluding hydrogens is 222 g/mol. The molecule has 1 aromatic heterocycles. The Labute approximate surface area is 112 Å². The van der Waals surface area contributed by atoms with Crippen molar-refractivity contribution in [2.24, 2.45) is 0 Å². The van der Waals surface area contributed by atoms with Gasteiger partial charge in [0.25, 0.3) is 0 Å². The van der Waals surface area contributed by atoms with Crippen LogP contribution in [0.15, 0.2) is 24.4 Å². The molecule has 0 saturated carbocycles. The Kier molecular flexibility index (Phi) is 6.91. The van der Waals surface area contributed by atoms with Gasteiger partial charge in [-0.25, -0.2) is 0 Å². The van der Waals surface area contributed by atoms with Crippen molar-refractivity contribution in [3.8, 4) is 0 Å². The Hall–Kier alpha value is -0.930. The van der Waals surface area contributed by atoms with E-state index in [2.05, 4.69) is 49.1 Å². The maximum atomic E-state index is 4.39. The van der Waals surface area contributed by atoms with E-state index in [0.29, 0.717) is 12.1 Å². The van der Waals surface area contributed by atoms with Crippen LogP contribution in [0, 0.1) is 0 Å². The van der Waals surface area contributed by atoms with Crippen molar-refractivity contribution in [3.05, 3.63) is 30.1 Å². The minimum atomic E-state index is 0.517. The predicted octanol–water partition coefficient (Wildman–Crippen LogP) is 2.68. The second kappa shape index (κ2) is 8.22. The lowest BCUT2D eigenvalue weighted by Gasteiger charge is -2.32. The van der Waals surface area contributed by atoms with Gasteiger partial charge in [-0.3, -0.25) is 9.88 Å². The van der Waals surface area contributed by atoms with Gasteiger partial charge in [0, 0.05) is 24.8 Å². The van der Waals surface area contributed by atoms with Crippen molar-refractivity contribution in [3.63, 3.8) is 0 Å². The molecule has 2 atom stereocenters. The monoisotopic (exact) mass is 249 g/mol. The van der Waals surface area contributed by atoms with E-state index in [4.69, 9.17) is 0 Å². The summed E-state index contributed by atoms with van der Waals surface area (Å²) < 4.78 is 0. The van der Waals surface area contributed by atoms with Crippen molar-refractivity contribution in [1.29, 1.82) is 0 Å². The molecule has 2 unspecified atom stereocenters. The highest BCUT2D eigenvalue weighted by molar-refractivity contribution is 5.03. The molecule has 0 fully saturated rings. The standard InChI is InChI=1S/C15H27N3/c1-5-10-17-15(6-2)13(3)18(4)12-14-9-7-8-11-16-14/h7-9,11,13,15,17H,5-6,10,12H2,1-4H3. The summed E-state index contributed by atoms with van der Waals surface area (Å²) in [4.78, 5) is 6.76. The van der Waals surface area contributed by atoms with Crippen LogP contribution in [0.2, 0.25) is 0 Å². The smallest absolute Gasteiger partial charge is 0.0543 e. The Morgan fingerprint density at radius 3 is 2.67 bits per heavy atom. The van der Waals surface area contributed by atoms with Gasteiger partial charge in [0.05, 0.1) is 5.69 Å². The lowest BCUT2D eigenvalue weighted by atomic mass is 10.1. The third-order valence-corrected chi connectivity index (χ3v) is 3.51. The number of nitrogens with one attached hydrogen (secondary N) is 1. The van der Waals surface area contributed by atoms with Crippen molar-refractivity contribution >= 4 is 0 Å². The van der Waals surface area contributed by atoms with Gasteiger partial charge >= 0.3 is 0 Å². The first kappa shape index (κ1) is 15.1. The third kappa shape index (κ3) is 4.75. The maximum Gasteiger partial charge on any atom is 0.0543 e. The van der Waals surface area contributed by atoms with Crippen LogP contribution < -0.4 is 5.32 Å². The fraction of sp³-hybridized carbons (Fsp3) is 0.667. The number of aromatic nitrogens is 1. The first-order chi connectivity index (χ1) is 8.69. The van der Waals surface area contributed by atoms with Crippen molar-refractivity contribution in [2.45, 2.75) is 52.2 Å². The van der Waals surface area contributed by atoms with Gasteiger partial charge in [-0.2, -0.15) is 0 Å². The van der Waals surface area contributed by atoms with Crippen molar-refractivity contribution in [2.75, 3.05) is 13.6 Å². The lowest BCUT2D eigenvalue weighted by Crippen LogP contribution is -2.46. The number of rotatable bonds is 8. The van der Waals surface area contributed by atoms with E-state index in [1.807, 2.05) is 18.3 Å². The van der Waals surface area contributed by atoms with Crippen LogP contribution >= 0.6 is 0 Å². The van der Waals surface area contributed by atoms with Crippen LogP contribution in [-0.2, 0) is 6.54 Å². The summed E-state index contributed by atoms with van der Waals surface area (Å²) in [6, 6.07) is 7.17. The molecule has 102 valence electrons. The van der Waals surface area contributed by atoms with Crippen molar-refractivity contribution < 1.29 is 0 Å². The fourth-order valence-corrected chi connectivity index (χ4v) is 2.18. The van der Waals surface area contributed by atoms with Crippen LogP contribution in [0.4, 0.5) is 0 Å². The lowest BCUT2D eigenvalue weighted by molar-refractivity contribution is 0.193. The zero-order chi connectivity index (χ0) is 13.4. The second-order valence-corrected chi connectivity index (χ2v) is 4.95. The topological polar surface area (TPSA) is 28.2 Å². The number of pyridine rings is 1. The minimum absolute atomic E-state index is 0.517. The summed E-state index contributed by atoms with van der Waals surface area (Å²) in [6.45, 7) is 8.76. The zero-order valence-electron chi connectivity index (χ0n) is 12.2. The van der Waals surface area contributed by atoms with E-state index in [1.54, 1.807) is 0 Å². The first-order valence-corrected chi connectivity index (χ1v) is 7.02. The highest BCUT2D eigenvalue weighted by Gasteiger charge is 2.19. The maximum absolute atomic E-state index is 4.39. The van der Waals surface area contributed by atoms with Gasteiger partial charge in [0.15, 0.2) is 0 Å². The van der Waals surface area contributed by atoms with Gasteiger partial charge in [-0.05, 0) is 45.5 Å². The van der Waals surface area contributed by atoms with Crippen LogP contribution in [0.1, 0.15) is 39.3 Å². The molecule has 0 aliphatic carbocycles. The predicted molar refractivity (Wildman–Crippen MR) is 77.5 cm³/mol. The summed E-state index contributed by atoms with van der Waals surface area (Å²) >= 11 is 0. The molecule has 3 heteroatoms. The third-order valence-electron chi connectivity index (χ3n) is 3.51. The average molecular weight is 249 g/mol. The van der Waals surface area contributed by atoms with E-state index in [9.17, 15) is 0 Å². The molecule has 0 amide bonds. The molecule has 1 aromatic rings. The van der Waals surface area contributed by atoms with Gasteiger partial charge in [-0.1, -0.05) is 19.9 Å². The molecule has 0 aliphatic rings. The molecule has 0 aromatic carbocycles. The molecule has 18 heavy (non-hydrogen) atoms. The highest BCUT2D eigenvalue weighted by Crippen LogP contribution is 2.09. The molecule has 3 nitrogen and oxygen atoms in total. The minimum Gasteiger partial charge on any atom is -0.312 e. The Bertz CT molecular complexity index is 313. The summed E-state index contributed by atoms with van der Waals surface area (Å²) in [5.41, 5.74) is 1.14. The van der Waals surface area contributed by atoms with E-state index in [-0.39, 0.29) is 0 Å². The molecule has 0 saturated heterocycles. The molecule has 0 radical (unpaired) electrons. The molecular formula is C15H27N3. The zero-order valence-corrected chi connectivity index (χ0v) is 12.2. The SMILES string of the molecule is CCCNC(CC)C(C)N(C)Cc1ccccn1. The number of hydrogen-bond acceptors (Lipinski definition) is 3. The molecule has 1 heterocycles. The van der Waals surface area contributed by atoms with E-state index in [0.717, 1.165) is 25.2 Å². The van der Waals surface area contributed by atoms with Gasteiger partial charge in [0.1, 0.15) is 0 Å². The van der Waals surface area contributed by atoms with Gasteiger partial charge < -0.3 is 5.32 Å². The van der Waals surface area contributed by atoms with Crippen LogP contribution in [0.25, 0.3) is 0 Å². The molecule has 0 aliphatic heterocycles. The largest absolute Gasteiger partial charge is 0.312 e. The first-order valence-electron chi connectivity index (χ1n) is 7.02. The van der Waals surface area contributed by atoms with E-state index >= 15 is 0 Å². The van der Waals surface area contributed by atoms with Crippen LogP contribution in [0.3, 0.4) is 0 Å². The molecule has 1 rings (SSSR count). The summed E-state index contributed by atoms with van der Waals surface area (Å²) in [5.74, 6) is 0. The fourth-order valence-electron chi connectivity index (χ4n) is 2.18. The summed E-state index contributed by atoms with van der Waals surface area (Å²) in [7, 11) is 2.18. The van der Waals surface area contributed by atoms with Gasteiger partial charge in [0.2, 0.25) is 0 Å². The Morgan fingerprint density at radius 2 is 2.11 bits per heavy atom. The number of nitrogens with zero attached hydrogens (tertiary/aromatic N) is 2. The Balaban J connectivity index is 2.51. The van der Waals surface area contributed by atoms with Crippen LogP contribution in [0.5, 0.6) is 0 Å². The average Bonchev–Trinajstić information content (AvgIpc) is 2.40. The van der Waals surface area contributed by atoms with Crippen molar-refractivity contribution in [1.82, 2.24) is 15.2 Å². The molecule has 1 N–H and O–H groups in total. The molecule has 0 bridgehead atoms.